The molecule has 0 spiro atoms. The first-order chi connectivity index (χ1) is 35.0. The molecule has 0 aromatic heterocycles. The lowest BCUT2D eigenvalue weighted by atomic mass is 10.0. The van der Waals surface area contributed by atoms with E-state index in [-0.39, 0.29) is 31.1 Å². The third-order valence-electron chi connectivity index (χ3n) is 12.3. The molecule has 6 heteroatoms. The second kappa shape index (κ2) is 58.6. The summed E-state index contributed by atoms with van der Waals surface area (Å²) in [4.78, 5) is 38.2. The van der Waals surface area contributed by atoms with Gasteiger partial charge in [0.05, 0.1) is 0 Å². The molecule has 0 aromatic rings. The molecule has 71 heavy (non-hydrogen) atoms. The first-order valence-corrected chi connectivity index (χ1v) is 29.4. The largest absolute Gasteiger partial charge is 0.462 e. The fraction of sp³-hybridized carbons (Fsp3) is 0.677. The highest BCUT2D eigenvalue weighted by Crippen LogP contribution is 2.16. The van der Waals surface area contributed by atoms with Crippen LogP contribution in [0, 0.1) is 0 Å². The summed E-state index contributed by atoms with van der Waals surface area (Å²) in [5.41, 5.74) is 0. The smallest absolute Gasteiger partial charge is 0.306 e. The van der Waals surface area contributed by atoms with Gasteiger partial charge in [0.2, 0.25) is 0 Å². The molecule has 0 aromatic carbocycles. The summed E-state index contributed by atoms with van der Waals surface area (Å²) < 4.78 is 16.8. The van der Waals surface area contributed by atoms with Crippen LogP contribution in [-0.4, -0.2) is 37.2 Å². The van der Waals surface area contributed by atoms with Crippen molar-refractivity contribution in [1.82, 2.24) is 0 Å². The average Bonchev–Trinajstić information content (AvgIpc) is 3.37. The topological polar surface area (TPSA) is 78.9 Å². The molecular formula is C65H108O6. The van der Waals surface area contributed by atoms with E-state index in [2.05, 4.69) is 130 Å². The van der Waals surface area contributed by atoms with Crippen LogP contribution >= 0.6 is 0 Å². The van der Waals surface area contributed by atoms with Gasteiger partial charge >= 0.3 is 17.9 Å². The molecular weight excluding hydrogens is 877 g/mol. The van der Waals surface area contributed by atoms with Crippen molar-refractivity contribution in [3.63, 3.8) is 0 Å². The number of hydrogen-bond acceptors (Lipinski definition) is 6. The van der Waals surface area contributed by atoms with Crippen molar-refractivity contribution >= 4 is 17.9 Å². The summed E-state index contributed by atoms with van der Waals surface area (Å²) in [6.45, 7) is 6.36. The van der Waals surface area contributed by atoms with E-state index in [9.17, 15) is 14.4 Å². The maximum absolute atomic E-state index is 12.9. The van der Waals surface area contributed by atoms with Crippen LogP contribution in [0.25, 0.3) is 0 Å². The fourth-order valence-electron chi connectivity index (χ4n) is 7.93. The highest BCUT2D eigenvalue weighted by molar-refractivity contribution is 5.71. The second-order valence-corrected chi connectivity index (χ2v) is 19.1. The Balaban J connectivity index is 4.48. The zero-order valence-corrected chi connectivity index (χ0v) is 46.2. The fourth-order valence-corrected chi connectivity index (χ4v) is 7.93. The van der Waals surface area contributed by atoms with Gasteiger partial charge in [0, 0.05) is 19.3 Å². The monoisotopic (exact) mass is 985 g/mol. The van der Waals surface area contributed by atoms with E-state index in [4.69, 9.17) is 14.2 Å². The van der Waals surface area contributed by atoms with E-state index in [0.29, 0.717) is 19.3 Å². The number of unbranched alkanes of at least 4 members (excludes halogenated alkanes) is 23. The molecule has 404 valence electrons. The third kappa shape index (κ3) is 56.9. The van der Waals surface area contributed by atoms with Gasteiger partial charge in [-0.25, -0.2) is 0 Å². The summed E-state index contributed by atoms with van der Waals surface area (Å²) in [5.74, 6) is -0.974. The van der Waals surface area contributed by atoms with Gasteiger partial charge in [0.15, 0.2) is 6.10 Å². The van der Waals surface area contributed by atoms with Crippen LogP contribution in [0.3, 0.4) is 0 Å². The maximum Gasteiger partial charge on any atom is 0.306 e. The van der Waals surface area contributed by atoms with E-state index in [0.717, 1.165) is 122 Å². The minimum atomic E-state index is -0.810. The van der Waals surface area contributed by atoms with Crippen molar-refractivity contribution in [3.05, 3.63) is 109 Å². The minimum absolute atomic E-state index is 0.108. The third-order valence-corrected chi connectivity index (χ3v) is 12.3. The Morgan fingerprint density at radius 3 is 0.887 bits per heavy atom. The number of allylic oxidation sites excluding steroid dienone is 18. The Hall–Kier alpha value is -3.93. The van der Waals surface area contributed by atoms with E-state index in [1.54, 1.807) is 0 Å². The van der Waals surface area contributed by atoms with Gasteiger partial charge in [-0.1, -0.05) is 252 Å². The summed E-state index contributed by atoms with van der Waals surface area (Å²) >= 11 is 0. The lowest BCUT2D eigenvalue weighted by Gasteiger charge is -2.18. The maximum atomic E-state index is 12.9. The molecule has 0 aliphatic heterocycles. The highest BCUT2D eigenvalue weighted by atomic mass is 16.6. The Morgan fingerprint density at radius 2 is 0.549 bits per heavy atom. The van der Waals surface area contributed by atoms with Gasteiger partial charge in [-0.05, 0) is 103 Å². The molecule has 1 unspecified atom stereocenters. The summed E-state index contributed by atoms with van der Waals surface area (Å²) in [7, 11) is 0. The summed E-state index contributed by atoms with van der Waals surface area (Å²) in [6.07, 6.45) is 79.4. The number of hydrogen-bond donors (Lipinski definition) is 0. The Kier molecular flexibility index (Phi) is 55.4. The van der Waals surface area contributed by atoms with Crippen molar-refractivity contribution < 1.29 is 28.6 Å². The Morgan fingerprint density at radius 1 is 0.296 bits per heavy atom. The second-order valence-electron chi connectivity index (χ2n) is 19.1. The van der Waals surface area contributed by atoms with Crippen molar-refractivity contribution in [1.29, 1.82) is 0 Å². The van der Waals surface area contributed by atoms with E-state index >= 15 is 0 Å². The molecule has 1 atom stereocenters. The van der Waals surface area contributed by atoms with Crippen molar-refractivity contribution in [3.8, 4) is 0 Å². The van der Waals surface area contributed by atoms with Crippen LogP contribution in [0.1, 0.15) is 265 Å². The van der Waals surface area contributed by atoms with Gasteiger partial charge in [0.25, 0.3) is 0 Å². The molecule has 0 aliphatic carbocycles. The molecule has 0 radical (unpaired) electrons. The molecule has 0 saturated heterocycles. The van der Waals surface area contributed by atoms with Crippen LogP contribution in [0.4, 0.5) is 0 Å². The van der Waals surface area contributed by atoms with Crippen LogP contribution in [0.2, 0.25) is 0 Å². The standard InChI is InChI=1S/C65H108O6/c1-4-7-10-13-16-19-22-25-28-30-32-34-37-40-43-46-49-52-55-58-64(67)70-61-62(60-69-63(66)57-54-51-48-45-42-39-36-27-24-21-18-15-12-9-6-3)71-65(68)59-56-53-50-47-44-41-38-35-33-31-29-26-23-20-17-14-11-8-5-2/h7,9-10,12,16,18-19,21,25,27-28,32,34,36,40,42-43,45,62H,4-6,8,11,13-15,17,20,22-24,26,29-31,33,35,37-39,41,44,46-61H2,1-3H3/b10-7-,12-9-,19-16-,21-18-,28-25-,34-32-,36-27-,43-40-,45-42-. The van der Waals surface area contributed by atoms with Gasteiger partial charge < -0.3 is 14.2 Å². The lowest BCUT2D eigenvalue weighted by molar-refractivity contribution is -0.167. The molecule has 0 aliphatic rings. The highest BCUT2D eigenvalue weighted by Gasteiger charge is 2.19. The molecule has 0 bridgehead atoms. The zero-order chi connectivity index (χ0) is 51.4. The van der Waals surface area contributed by atoms with Gasteiger partial charge in [-0.3, -0.25) is 14.4 Å². The predicted molar refractivity (Wildman–Crippen MR) is 307 cm³/mol. The molecule has 0 fully saturated rings. The van der Waals surface area contributed by atoms with Crippen LogP contribution in [0.5, 0.6) is 0 Å². The van der Waals surface area contributed by atoms with E-state index in [1.165, 1.54) is 103 Å². The lowest BCUT2D eigenvalue weighted by Crippen LogP contribution is -2.30. The molecule has 0 heterocycles. The summed E-state index contributed by atoms with van der Waals surface area (Å²) in [5, 5.41) is 0. The van der Waals surface area contributed by atoms with Crippen LogP contribution in [0.15, 0.2) is 109 Å². The van der Waals surface area contributed by atoms with Crippen molar-refractivity contribution in [2.75, 3.05) is 13.2 Å². The van der Waals surface area contributed by atoms with Crippen LogP contribution < -0.4 is 0 Å². The quantitative estimate of drug-likeness (QED) is 0.0261. The SMILES string of the molecule is CC/C=C\C/C=C\C/C=C\C/C=C\C/C=C\CCCCCC(=O)OCC(COC(=O)CCCC/C=C\C/C=C\C/C=C\C/C=C\CC)OC(=O)CCCCCCCCCCCCCCCCCCCCC. The first-order valence-electron chi connectivity index (χ1n) is 29.4. The number of esters is 3. The Labute approximate surface area is 438 Å². The Bertz CT molecular complexity index is 1460. The van der Waals surface area contributed by atoms with Crippen LogP contribution in [-0.2, 0) is 28.6 Å². The first kappa shape index (κ1) is 67.1. The predicted octanol–water partition coefficient (Wildman–Crippen LogP) is 19.9. The molecule has 0 N–H and O–H groups in total. The number of rotatable bonds is 52. The molecule has 6 nitrogen and oxygen atoms in total. The normalized spacial score (nSPS) is 12.9. The van der Waals surface area contributed by atoms with Gasteiger partial charge in [-0.2, -0.15) is 0 Å². The van der Waals surface area contributed by atoms with E-state index < -0.39 is 6.10 Å². The average molecular weight is 986 g/mol. The molecule has 0 saturated carbocycles. The minimum Gasteiger partial charge on any atom is -0.462 e. The number of ether oxygens (including phenoxy) is 3. The van der Waals surface area contributed by atoms with Gasteiger partial charge in [-0.15, -0.1) is 0 Å². The van der Waals surface area contributed by atoms with Crippen molar-refractivity contribution in [2.24, 2.45) is 0 Å². The van der Waals surface area contributed by atoms with E-state index in [1.807, 2.05) is 0 Å². The number of carbonyl (C=O) groups excluding carboxylic acids is 3. The molecule has 0 amide bonds. The van der Waals surface area contributed by atoms with Gasteiger partial charge in [0.1, 0.15) is 13.2 Å². The van der Waals surface area contributed by atoms with Crippen molar-refractivity contribution in [2.45, 2.75) is 271 Å². The molecule has 0 rings (SSSR count). The zero-order valence-electron chi connectivity index (χ0n) is 46.2. The number of carbonyl (C=O) groups is 3. The summed E-state index contributed by atoms with van der Waals surface area (Å²) in [6, 6.07) is 0.